The van der Waals surface area contributed by atoms with Crippen molar-refractivity contribution in [3.05, 3.63) is 77.0 Å². The van der Waals surface area contributed by atoms with Crippen molar-refractivity contribution in [1.29, 1.82) is 0 Å². The fourth-order valence-electron chi connectivity index (χ4n) is 3.54. The quantitative estimate of drug-likeness (QED) is 0.502. The van der Waals surface area contributed by atoms with Gasteiger partial charge in [0.15, 0.2) is 0 Å². The minimum absolute atomic E-state index is 0.272. The lowest BCUT2D eigenvalue weighted by Gasteiger charge is -2.20. The Balaban J connectivity index is 2.06. The summed E-state index contributed by atoms with van der Waals surface area (Å²) in [4.78, 5) is 4.82. The van der Waals surface area contributed by atoms with Crippen LogP contribution in [0.15, 0.2) is 54.7 Å². The molecule has 0 aliphatic heterocycles. The predicted molar refractivity (Wildman–Crippen MR) is 112 cm³/mol. The monoisotopic (exact) mass is 343 g/mol. The molecule has 1 aromatic heterocycles. The van der Waals surface area contributed by atoms with Crippen LogP contribution in [-0.4, -0.2) is 4.98 Å². The maximum Gasteiger partial charge on any atom is 0.0707 e. The van der Waals surface area contributed by atoms with Gasteiger partial charge in [-0.1, -0.05) is 57.2 Å². The first-order chi connectivity index (χ1) is 12.2. The highest BCUT2D eigenvalue weighted by Crippen LogP contribution is 2.32. The van der Waals surface area contributed by atoms with Gasteiger partial charge >= 0.3 is 0 Å². The molecule has 0 aliphatic rings. The summed E-state index contributed by atoms with van der Waals surface area (Å²) in [7, 11) is 0. The largest absolute Gasteiger partial charge is 0.256 e. The van der Waals surface area contributed by atoms with Crippen LogP contribution < -0.4 is 0 Å². The van der Waals surface area contributed by atoms with Gasteiger partial charge in [-0.3, -0.25) is 4.98 Å². The Morgan fingerprint density at radius 2 is 1.42 bits per heavy atom. The molecule has 0 amide bonds. The Hall–Kier alpha value is -2.41. The highest BCUT2D eigenvalue weighted by molar-refractivity contribution is 5.76. The van der Waals surface area contributed by atoms with E-state index in [0.29, 0.717) is 0 Å². The van der Waals surface area contributed by atoms with Gasteiger partial charge in [-0.25, -0.2) is 0 Å². The van der Waals surface area contributed by atoms with E-state index in [-0.39, 0.29) is 5.41 Å². The molecule has 1 heterocycles. The fraction of sp³-hybridized carbons (Fsp3) is 0.320. The number of hydrogen-bond acceptors (Lipinski definition) is 1. The maximum absolute atomic E-state index is 4.82. The summed E-state index contributed by atoms with van der Waals surface area (Å²) < 4.78 is 0. The fourth-order valence-corrected chi connectivity index (χ4v) is 3.54. The van der Waals surface area contributed by atoms with E-state index in [1.165, 1.54) is 38.9 Å². The Morgan fingerprint density at radius 1 is 0.769 bits per heavy atom. The zero-order valence-electron chi connectivity index (χ0n) is 16.9. The number of benzene rings is 2. The first kappa shape index (κ1) is 18.4. The normalized spacial score (nSPS) is 11.6. The van der Waals surface area contributed by atoms with Crippen LogP contribution in [-0.2, 0) is 6.42 Å². The molecular formula is C25H29N. The highest BCUT2D eigenvalue weighted by atomic mass is 14.7. The third-order valence-electron chi connectivity index (χ3n) is 4.87. The molecule has 26 heavy (non-hydrogen) atoms. The Kier molecular flexibility index (Phi) is 5.00. The molecular weight excluding hydrogens is 314 g/mol. The highest BCUT2D eigenvalue weighted by Gasteiger charge is 2.15. The molecule has 0 saturated carbocycles. The van der Waals surface area contributed by atoms with Gasteiger partial charge in [-0.05, 0) is 78.1 Å². The summed E-state index contributed by atoms with van der Waals surface area (Å²) in [6, 6.07) is 17.4. The summed E-state index contributed by atoms with van der Waals surface area (Å²) in [6.07, 6.45) is 3.12. The summed E-state index contributed by atoms with van der Waals surface area (Å²) in [5.41, 5.74) is 10.3. The number of aromatic nitrogens is 1. The van der Waals surface area contributed by atoms with E-state index in [1.54, 1.807) is 0 Å². The van der Waals surface area contributed by atoms with Crippen LogP contribution in [0, 0.1) is 26.2 Å². The molecule has 0 bridgehead atoms. The van der Waals surface area contributed by atoms with Crippen LogP contribution in [0.4, 0.5) is 0 Å². The van der Waals surface area contributed by atoms with E-state index in [0.717, 1.165) is 12.1 Å². The van der Waals surface area contributed by atoms with Crippen LogP contribution in [0.1, 0.15) is 43.0 Å². The van der Waals surface area contributed by atoms with E-state index < -0.39 is 0 Å². The molecule has 0 aliphatic carbocycles. The standard InChI is InChI=1S/C25H29N/c1-17-13-24(26-16-21(17)15-25(4,5)6)23-14-22(18(2)12-19(23)3)20-10-8-7-9-11-20/h7-14,16H,15H2,1-6H3. The smallest absolute Gasteiger partial charge is 0.0707 e. The molecule has 0 radical (unpaired) electrons. The first-order valence-corrected chi connectivity index (χ1v) is 9.37. The molecule has 134 valence electrons. The van der Waals surface area contributed by atoms with Crippen molar-refractivity contribution in [2.75, 3.05) is 0 Å². The van der Waals surface area contributed by atoms with Crippen molar-refractivity contribution < 1.29 is 0 Å². The lowest BCUT2D eigenvalue weighted by molar-refractivity contribution is 0.410. The molecule has 0 N–H and O–H groups in total. The Bertz CT molecular complexity index is 915. The summed E-state index contributed by atoms with van der Waals surface area (Å²) in [5.74, 6) is 0. The van der Waals surface area contributed by atoms with Crippen LogP contribution >= 0.6 is 0 Å². The third kappa shape index (κ3) is 4.04. The molecule has 0 saturated heterocycles. The maximum atomic E-state index is 4.82. The van der Waals surface area contributed by atoms with Gasteiger partial charge in [0.1, 0.15) is 0 Å². The average Bonchev–Trinajstić information content (AvgIpc) is 2.57. The van der Waals surface area contributed by atoms with Crippen molar-refractivity contribution in [2.24, 2.45) is 5.41 Å². The van der Waals surface area contributed by atoms with E-state index in [9.17, 15) is 0 Å². The van der Waals surface area contributed by atoms with E-state index in [4.69, 9.17) is 4.98 Å². The van der Waals surface area contributed by atoms with Gasteiger partial charge in [-0.2, -0.15) is 0 Å². The molecule has 1 nitrogen and oxygen atoms in total. The second-order valence-corrected chi connectivity index (χ2v) is 8.58. The first-order valence-electron chi connectivity index (χ1n) is 9.37. The molecule has 1 heteroatoms. The minimum atomic E-state index is 0.272. The van der Waals surface area contributed by atoms with Crippen molar-refractivity contribution in [3.63, 3.8) is 0 Å². The van der Waals surface area contributed by atoms with Crippen molar-refractivity contribution in [1.82, 2.24) is 4.98 Å². The van der Waals surface area contributed by atoms with Gasteiger partial charge in [0.25, 0.3) is 0 Å². The zero-order chi connectivity index (χ0) is 18.9. The van der Waals surface area contributed by atoms with E-state index >= 15 is 0 Å². The summed E-state index contributed by atoms with van der Waals surface area (Å²) in [6.45, 7) is 13.4. The lowest BCUT2D eigenvalue weighted by atomic mass is 9.86. The van der Waals surface area contributed by atoms with Crippen molar-refractivity contribution in [3.8, 4) is 22.4 Å². The predicted octanol–water partition coefficient (Wildman–Crippen LogP) is 6.93. The van der Waals surface area contributed by atoms with Crippen LogP contribution in [0.3, 0.4) is 0 Å². The Morgan fingerprint density at radius 3 is 2.04 bits per heavy atom. The molecule has 3 rings (SSSR count). The molecule has 0 fully saturated rings. The third-order valence-corrected chi connectivity index (χ3v) is 4.87. The SMILES string of the molecule is Cc1cc(-c2cc(-c3ccccc3)c(C)cc2C)ncc1CC(C)(C)C. The average molecular weight is 344 g/mol. The second kappa shape index (κ2) is 7.07. The van der Waals surface area contributed by atoms with Gasteiger partial charge in [0, 0.05) is 11.8 Å². The van der Waals surface area contributed by atoms with E-state index in [2.05, 4.69) is 96.3 Å². The lowest BCUT2D eigenvalue weighted by Crippen LogP contribution is -2.10. The molecule has 0 unspecified atom stereocenters. The summed E-state index contributed by atoms with van der Waals surface area (Å²) >= 11 is 0. The Labute approximate surface area is 158 Å². The minimum Gasteiger partial charge on any atom is -0.256 e. The number of hydrogen-bond donors (Lipinski definition) is 0. The number of rotatable bonds is 3. The van der Waals surface area contributed by atoms with Crippen LogP contribution in [0.5, 0.6) is 0 Å². The van der Waals surface area contributed by atoms with E-state index in [1.807, 2.05) is 0 Å². The van der Waals surface area contributed by atoms with Crippen LogP contribution in [0.2, 0.25) is 0 Å². The second-order valence-electron chi connectivity index (χ2n) is 8.58. The van der Waals surface area contributed by atoms with Crippen LogP contribution in [0.25, 0.3) is 22.4 Å². The van der Waals surface area contributed by atoms with Gasteiger partial charge in [0.2, 0.25) is 0 Å². The number of pyridine rings is 1. The summed E-state index contributed by atoms with van der Waals surface area (Å²) in [5, 5.41) is 0. The van der Waals surface area contributed by atoms with Crippen molar-refractivity contribution >= 4 is 0 Å². The molecule has 3 aromatic rings. The molecule has 0 spiro atoms. The van der Waals surface area contributed by atoms with Crippen molar-refractivity contribution in [2.45, 2.75) is 48.0 Å². The zero-order valence-corrected chi connectivity index (χ0v) is 16.9. The van der Waals surface area contributed by atoms with Gasteiger partial charge in [-0.15, -0.1) is 0 Å². The molecule has 0 atom stereocenters. The number of aryl methyl sites for hydroxylation is 3. The van der Waals surface area contributed by atoms with Gasteiger partial charge < -0.3 is 0 Å². The number of nitrogens with zero attached hydrogens (tertiary/aromatic N) is 1. The molecule has 2 aromatic carbocycles. The topological polar surface area (TPSA) is 12.9 Å². The van der Waals surface area contributed by atoms with Gasteiger partial charge in [0.05, 0.1) is 5.69 Å².